The Morgan fingerprint density at radius 1 is 1.17 bits per heavy atom. The first kappa shape index (κ1) is 26.0. The smallest absolute Gasteiger partial charge is 0.261 e. The predicted molar refractivity (Wildman–Crippen MR) is 132 cm³/mol. The van der Waals surface area contributed by atoms with E-state index in [9.17, 15) is 9.90 Å². The minimum Gasteiger partial charge on any atom is -0.386 e. The van der Waals surface area contributed by atoms with Crippen LogP contribution in [0.15, 0.2) is 40.7 Å². The van der Waals surface area contributed by atoms with Gasteiger partial charge in [0.1, 0.15) is 0 Å². The van der Waals surface area contributed by atoms with Crippen LogP contribution < -0.4 is 16.0 Å². The highest BCUT2D eigenvalue weighted by molar-refractivity contribution is 14.0. The van der Waals surface area contributed by atoms with Crippen LogP contribution in [0.25, 0.3) is 0 Å². The highest BCUT2D eigenvalue weighted by atomic mass is 127. The van der Waals surface area contributed by atoms with Crippen LogP contribution in [0.1, 0.15) is 34.7 Å². The molecule has 0 aliphatic carbocycles. The first-order chi connectivity index (χ1) is 13.5. The Bertz CT molecular complexity index is 770. The molecule has 1 heterocycles. The fourth-order valence-corrected chi connectivity index (χ4v) is 3.57. The van der Waals surface area contributed by atoms with E-state index in [0.29, 0.717) is 46.1 Å². The Morgan fingerprint density at radius 3 is 2.48 bits per heavy atom. The first-order valence-electron chi connectivity index (χ1n) is 8.97. The van der Waals surface area contributed by atoms with Crippen molar-refractivity contribution in [1.29, 1.82) is 0 Å². The Hall–Kier alpha value is -1.07. The Morgan fingerprint density at radius 2 is 1.86 bits per heavy atom. The van der Waals surface area contributed by atoms with Gasteiger partial charge in [0.15, 0.2) is 5.96 Å². The summed E-state index contributed by atoms with van der Waals surface area (Å²) in [7, 11) is 0. The number of carbonyl (C=O) groups is 1. The molecule has 2 rings (SSSR count). The van der Waals surface area contributed by atoms with E-state index in [0.717, 1.165) is 6.42 Å². The summed E-state index contributed by atoms with van der Waals surface area (Å²) >= 11 is 13.4. The molecular weight excluding hydrogens is 546 g/mol. The highest BCUT2D eigenvalue weighted by Gasteiger charge is 2.10. The van der Waals surface area contributed by atoms with E-state index in [4.69, 9.17) is 23.2 Å². The van der Waals surface area contributed by atoms with Crippen molar-refractivity contribution in [3.05, 3.63) is 56.2 Å². The standard InChI is InChI=1S/C19H24Cl2N4O2S.HI/c1-2-22-19(24-7-4-6-23-18(27)17-5-3-8-28-17)25-12-16(26)13-9-14(20)11-15(21)10-13;/h3,5,8-11,16,26H,2,4,6-7,12H2,1H3,(H,23,27)(H2,22,24,25);1H. The maximum absolute atomic E-state index is 11.9. The zero-order chi connectivity index (χ0) is 20.4. The van der Waals surface area contributed by atoms with Crippen molar-refractivity contribution in [3.8, 4) is 0 Å². The molecule has 0 spiro atoms. The number of guanidine groups is 1. The summed E-state index contributed by atoms with van der Waals surface area (Å²) in [6, 6.07) is 8.61. The highest BCUT2D eigenvalue weighted by Crippen LogP contribution is 2.23. The molecule has 1 aromatic heterocycles. The summed E-state index contributed by atoms with van der Waals surface area (Å²) in [5.41, 5.74) is 0.619. The number of nitrogens with zero attached hydrogens (tertiary/aromatic N) is 1. The lowest BCUT2D eigenvalue weighted by molar-refractivity contribution is 0.0957. The summed E-state index contributed by atoms with van der Waals surface area (Å²) in [5, 5.41) is 22.3. The number of amides is 1. The number of halogens is 3. The van der Waals surface area contributed by atoms with Crippen LogP contribution in [-0.2, 0) is 0 Å². The van der Waals surface area contributed by atoms with Gasteiger partial charge in [-0.05, 0) is 48.6 Å². The van der Waals surface area contributed by atoms with Crippen LogP contribution in [0.5, 0.6) is 0 Å². The molecule has 0 radical (unpaired) electrons. The zero-order valence-electron chi connectivity index (χ0n) is 16.0. The molecule has 1 unspecified atom stereocenters. The van der Waals surface area contributed by atoms with Gasteiger partial charge in [0, 0.05) is 29.7 Å². The molecule has 2 aromatic rings. The van der Waals surface area contributed by atoms with Gasteiger partial charge in [-0.15, -0.1) is 35.3 Å². The number of aliphatic hydroxyl groups is 1. The molecule has 10 heteroatoms. The van der Waals surface area contributed by atoms with Crippen LogP contribution in [0.4, 0.5) is 0 Å². The molecule has 0 aliphatic heterocycles. The van der Waals surface area contributed by atoms with Crippen molar-refractivity contribution >= 4 is 70.4 Å². The lowest BCUT2D eigenvalue weighted by Crippen LogP contribution is -2.39. The van der Waals surface area contributed by atoms with Crippen molar-refractivity contribution in [2.75, 3.05) is 26.2 Å². The molecule has 0 saturated carbocycles. The maximum Gasteiger partial charge on any atom is 0.261 e. The number of rotatable bonds is 9. The number of aliphatic imine (C=N–C) groups is 1. The minimum atomic E-state index is -0.809. The predicted octanol–water partition coefficient (Wildman–Crippen LogP) is 4.08. The van der Waals surface area contributed by atoms with Gasteiger partial charge in [-0.1, -0.05) is 29.3 Å². The minimum absolute atomic E-state index is 0. The molecule has 1 aromatic carbocycles. The number of thiophene rings is 1. The summed E-state index contributed by atoms with van der Waals surface area (Å²) in [5.74, 6) is 0.540. The van der Waals surface area contributed by atoms with E-state index < -0.39 is 6.10 Å². The number of benzene rings is 1. The summed E-state index contributed by atoms with van der Waals surface area (Å²) in [4.78, 5) is 17.0. The summed E-state index contributed by atoms with van der Waals surface area (Å²) < 4.78 is 0. The Kier molecular flexibility index (Phi) is 12.6. The molecule has 29 heavy (non-hydrogen) atoms. The van der Waals surface area contributed by atoms with Gasteiger partial charge in [-0.3, -0.25) is 9.79 Å². The molecule has 4 N–H and O–H groups in total. The molecule has 1 atom stereocenters. The van der Waals surface area contributed by atoms with Crippen molar-refractivity contribution in [3.63, 3.8) is 0 Å². The second-order valence-electron chi connectivity index (χ2n) is 5.95. The third-order valence-electron chi connectivity index (χ3n) is 3.71. The lowest BCUT2D eigenvalue weighted by atomic mass is 10.1. The van der Waals surface area contributed by atoms with Crippen LogP contribution in [-0.4, -0.2) is 43.2 Å². The second kappa shape index (κ2) is 14.0. The van der Waals surface area contributed by atoms with Crippen molar-refractivity contribution in [2.24, 2.45) is 4.99 Å². The number of aliphatic hydroxyl groups excluding tert-OH is 1. The average Bonchev–Trinajstić information content (AvgIpc) is 3.19. The molecule has 1 amide bonds. The van der Waals surface area contributed by atoms with Crippen LogP contribution >= 0.6 is 58.5 Å². The monoisotopic (exact) mass is 570 g/mol. The summed E-state index contributed by atoms with van der Waals surface area (Å²) in [6.07, 6.45) is -0.0645. The van der Waals surface area contributed by atoms with E-state index in [1.807, 2.05) is 18.4 Å². The SMILES string of the molecule is CCNC(=NCC(O)c1cc(Cl)cc(Cl)c1)NCCCNC(=O)c1cccs1.I. The van der Waals surface area contributed by atoms with Gasteiger partial charge >= 0.3 is 0 Å². The van der Waals surface area contributed by atoms with E-state index in [1.54, 1.807) is 24.3 Å². The van der Waals surface area contributed by atoms with Gasteiger partial charge in [0.25, 0.3) is 5.91 Å². The fraction of sp³-hybridized carbons (Fsp3) is 0.368. The molecule has 0 fully saturated rings. The number of carbonyl (C=O) groups excluding carboxylic acids is 1. The van der Waals surface area contributed by atoms with E-state index in [-0.39, 0.29) is 36.4 Å². The molecule has 0 aliphatic rings. The topological polar surface area (TPSA) is 85.8 Å². The molecule has 0 bridgehead atoms. The van der Waals surface area contributed by atoms with E-state index in [2.05, 4.69) is 20.9 Å². The van der Waals surface area contributed by atoms with Gasteiger partial charge < -0.3 is 21.1 Å². The molecular formula is C19H25Cl2IN4O2S. The van der Waals surface area contributed by atoms with Crippen LogP contribution in [0.2, 0.25) is 10.0 Å². The van der Waals surface area contributed by atoms with Gasteiger partial charge in [0.2, 0.25) is 0 Å². The normalized spacial score (nSPS) is 12.1. The average molecular weight is 571 g/mol. The lowest BCUT2D eigenvalue weighted by Gasteiger charge is -2.14. The zero-order valence-corrected chi connectivity index (χ0v) is 20.6. The number of hydrogen-bond acceptors (Lipinski definition) is 4. The van der Waals surface area contributed by atoms with E-state index >= 15 is 0 Å². The molecule has 0 saturated heterocycles. The van der Waals surface area contributed by atoms with Crippen molar-refractivity contribution in [1.82, 2.24) is 16.0 Å². The van der Waals surface area contributed by atoms with Gasteiger partial charge in [-0.25, -0.2) is 0 Å². The number of nitrogens with one attached hydrogen (secondary N) is 3. The van der Waals surface area contributed by atoms with Gasteiger partial charge in [-0.2, -0.15) is 0 Å². The first-order valence-corrected chi connectivity index (χ1v) is 10.6. The van der Waals surface area contributed by atoms with Gasteiger partial charge in [0.05, 0.1) is 17.5 Å². The maximum atomic E-state index is 11.9. The Balaban J connectivity index is 0.00000420. The quantitative estimate of drug-likeness (QED) is 0.158. The molecule has 6 nitrogen and oxygen atoms in total. The van der Waals surface area contributed by atoms with Crippen LogP contribution in [0.3, 0.4) is 0 Å². The van der Waals surface area contributed by atoms with Crippen molar-refractivity contribution < 1.29 is 9.90 Å². The third kappa shape index (κ3) is 9.52. The van der Waals surface area contributed by atoms with Crippen molar-refractivity contribution in [2.45, 2.75) is 19.4 Å². The third-order valence-corrected chi connectivity index (χ3v) is 5.02. The molecule has 160 valence electrons. The van der Waals surface area contributed by atoms with E-state index in [1.165, 1.54) is 11.3 Å². The number of hydrogen-bond donors (Lipinski definition) is 4. The Labute approximate surface area is 202 Å². The second-order valence-corrected chi connectivity index (χ2v) is 7.77. The summed E-state index contributed by atoms with van der Waals surface area (Å²) in [6.45, 7) is 4.02. The fourth-order valence-electron chi connectivity index (χ4n) is 2.38. The largest absolute Gasteiger partial charge is 0.386 e. The van der Waals surface area contributed by atoms with Crippen LogP contribution in [0, 0.1) is 0 Å².